The summed E-state index contributed by atoms with van der Waals surface area (Å²) in [6.45, 7) is 1.00. The third-order valence-electron chi connectivity index (χ3n) is 4.84. The summed E-state index contributed by atoms with van der Waals surface area (Å²) in [7, 11) is 0. The molecule has 1 heterocycles. The Kier molecular flexibility index (Phi) is 6.21. The zero-order valence-corrected chi connectivity index (χ0v) is 14.8. The Morgan fingerprint density at radius 3 is 2.50 bits per heavy atom. The summed E-state index contributed by atoms with van der Waals surface area (Å²) in [5, 5.41) is 5.16. The van der Waals surface area contributed by atoms with Gasteiger partial charge < -0.3 is 20.1 Å². The van der Waals surface area contributed by atoms with Crippen molar-refractivity contribution in [3.8, 4) is 0 Å². The van der Waals surface area contributed by atoms with Crippen molar-refractivity contribution in [3.05, 3.63) is 35.6 Å². The molecule has 0 aromatic heterocycles. The van der Waals surface area contributed by atoms with Crippen LogP contribution >= 0.6 is 0 Å². The lowest BCUT2D eigenvalue weighted by atomic mass is 9.94. The molecular formula is C19H25FN2O4. The number of nitrogens with one attached hydrogen (secondary N) is 2. The minimum atomic E-state index is -0.683. The molecule has 2 N–H and O–H groups in total. The number of halogens is 1. The SMILES string of the molecule is O=C(NCCc1ccc(F)cc1)C(=O)NC[C@@H]1COC2(CCCCC2)O1. The van der Waals surface area contributed by atoms with Gasteiger partial charge in [0.25, 0.3) is 0 Å². The summed E-state index contributed by atoms with van der Waals surface area (Å²) in [5.74, 6) is -2.15. The van der Waals surface area contributed by atoms with Gasteiger partial charge in [0.2, 0.25) is 0 Å². The van der Waals surface area contributed by atoms with Gasteiger partial charge in [-0.2, -0.15) is 0 Å². The maximum absolute atomic E-state index is 12.8. The molecule has 1 atom stereocenters. The van der Waals surface area contributed by atoms with Crippen LogP contribution in [-0.2, 0) is 25.5 Å². The van der Waals surface area contributed by atoms with Gasteiger partial charge in [0.15, 0.2) is 5.79 Å². The van der Waals surface area contributed by atoms with Gasteiger partial charge in [0.05, 0.1) is 6.61 Å². The summed E-state index contributed by atoms with van der Waals surface area (Å²) < 4.78 is 24.6. The summed E-state index contributed by atoms with van der Waals surface area (Å²) >= 11 is 0. The third kappa shape index (κ3) is 5.02. The third-order valence-corrected chi connectivity index (χ3v) is 4.84. The summed E-state index contributed by atoms with van der Waals surface area (Å²) in [5.41, 5.74) is 0.890. The van der Waals surface area contributed by atoms with Crippen LogP contribution < -0.4 is 10.6 Å². The molecule has 1 spiro atoms. The molecule has 1 aliphatic heterocycles. The van der Waals surface area contributed by atoms with Crippen molar-refractivity contribution in [2.45, 2.75) is 50.4 Å². The molecule has 1 aromatic rings. The van der Waals surface area contributed by atoms with Crippen molar-refractivity contribution in [2.24, 2.45) is 0 Å². The van der Waals surface area contributed by atoms with Crippen LogP contribution in [0.4, 0.5) is 4.39 Å². The van der Waals surface area contributed by atoms with Gasteiger partial charge in [-0.3, -0.25) is 9.59 Å². The van der Waals surface area contributed by atoms with Crippen LogP contribution in [0, 0.1) is 5.82 Å². The average Bonchev–Trinajstić information content (AvgIpc) is 3.04. The second kappa shape index (κ2) is 8.60. The predicted molar refractivity (Wildman–Crippen MR) is 92.8 cm³/mol. The highest BCUT2D eigenvalue weighted by atomic mass is 19.1. The molecular weight excluding hydrogens is 339 g/mol. The fourth-order valence-electron chi connectivity index (χ4n) is 3.41. The van der Waals surface area contributed by atoms with Crippen LogP contribution in [0.2, 0.25) is 0 Å². The van der Waals surface area contributed by atoms with Crippen LogP contribution in [0.25, 0.3) is 0 Å². The maximum Gasteiger partial charge on any atom is 0.309 e. The van der Waals surface area contributed by atoms with Crippen molar-refractivity contribution >= 4 is 11.8 Å². The number of hydrogen-bond donors (Lipinski definition) is 2. The minimum Gasteiger partial charge on any atom is -0.348 e. The van der Waals surface area contributed by atoms with E-state index in [-0.39, 0.29) is 18.5 Å². The molecule has 1 aromatic carbocycles. The van der Waals surface area contributed by atoms with E-state index in [1.54, 1.807) is 12.1 Å². The first-order valence-corrected chi connectivity index (χ1v) is 9.19. The number of carbonyl (C=O) groups is 2. The minimum absolute atomic E-state index is 0.218. The van der Waals surface area contributed by atoms with E-state index in [0.717, 1.165) is 31.2 Å². The van der Waals surface area contributed by atoms with Gasteiger partial charge in [-0.25, -0.2) is 4.39 Å². The molecule has 0 bridgehead atoms. The first kappa shape index (κ1) is 18.8. The topological polar surface area (TPSA) is 76.7 Å². The Morgan fingerprint density at radius 1 is 1.08 bits per heavy atom. The number of ether oxygens (including phenoxy) is 2. The molecule has 6 nitrogen and oxygen atoms in total. The molecule has 2 fully saturated rings. The zero-order valence-electron chi connectivity index (χ0n) is 14.8. The summed E-state index contributed by atoms with van der Waals surface area (Å²) in [6, 6.07) is 6.04. The van der Waals surface area contributed by atoms with Gasteiger partial charge in [-0.05, 0) is 37.0 Å². The van der Waals surface area contributed by atoms with E-state index >= 15 is 0 Å². The molecule has 2 aliphatic rings. The largest absolute Gasteiger partial charge is 0.348 e. The van der Waals surface area contributed by atoms with Crippen LogP contribution in [0.15, 0.2) is 24.3 Å². The fourth-order valence-corrected chi connectivity index (χ4v) is 3.41. The monoisotopic (exact) mass is 364 g/mol. The Bertz CT molecular complexity index is 629. The second-order valence-electron chi connectivity index (χ2n) is 6.86. The number of amides is 2. The summed E-state index contributed by atoms with van der Waals surface area (Å²) in [4.78, 5) is 23.7. The lowest BCUT2D eigenvalue weighted by molar-refractivity contribution is -0.186. The normalized spacial score (nSPS) is 21.5. The molecule has 26 heavy (non-hydrogen) atoms. The van der Waals surface area contributed by atoms with Crippen LogP contribution in [0.5, 0.6) is 0 Å². The fraction of sp³-hybridized carbons (Fsp3) is 0.579. The van der Waals surface area contributed by atoms with Crippen molar-refractivity contribution in [2.75, 3.05) is 19.7 Å². The van der Waals surface area contributed by atoms with Gasteiger partial charge >= 0.3 is 11.8 Å². The Labute approximate surface area is 152 Å². The molecule has 2 amide bonds. The van der Waals surface area contributed by atoms with Gasteiger partial charge in [0.1, 0.15) is 11.9 Å². The molecule has 0 radical (unpaired) electrons. The van der Waals surface area contributed by atoms with E-state index in [4.69, 9.17) is 9.47 Å². The van der Waals surface area contributed by atoms with Crippen LogP contribution in [0.3, 0.4) is 0 Å². The highest BCUT2D eigenvalue weighted by Gasteiger charge is 2.42. The number of hydrogen-bond acceptors (Lipinski definition) is 4. The Hall–Kier alpha value is -1.99. The van der Waals surface area contributed by atoms with Gasteiger partial charge in [-0.15, -0.1) is 0 Å². The second-order valence-corrected chi connectivity index (χ2v) is 6.86. The predicted octanol–water partition coefficient (Wildman–Crippen LogP) is 1.68. The van der Waals surface area contributed by atoms with E-state index < -0.39 is 17.6 Å². The van der Waals surface area contributed by atoms with Crippen molar-refractivity contribution in [1.29, 1.82) is 0 Å². The molecule has 7 heteroatoms. The zero-order chi connectivity index (χ0) is 18.4. The van der Waals surface area contributed by atoms with E-state index in [1.807, 2.05) is 0 Å². The molecule has 1 saturated heterocycles. The smallest absolute Gasteiger partial charge is 0.309 e. The molecule has 142 valence electrons. The molecule has 1 aliphatic carbocycles. The van der Waals surface area contributed by atoms with E-state index in [2.05, 4.69) is 10.6 Å². The Morgan fingerprint density at radius 2 is 1.77 bits per heavy atom. The van der Waals surface area contributed by atoms with E-state index in [9.17, 15) is 14.0 Å². The van der Waals surface area contributed by atoms with Crippen molar-refractivity contribution < 1.29 is 23.5 Å². The molecule has 1 saturated carbocycles. The maximum atomic E-state index is 12.8. The highest BCUT2D eigenvalue weighted by molar-refractivity contribution is 6.35. The summed E-state index contributed by atoms with van der Waals surface area (Å²) in [6.07, 6.45) is 5.48. The number of benzene rings is 1. The van der Waals surface area contributed by atoms with E-state index in [1.165, 1.54) is 18.6 Å². The average molecular weight is 364 g/mol. The number of rotatable bonds is 5. The first-order valence-electron chi connectivity index (χ1n) is 9.19. The molecule has 3 rings (SSSR count). The van der Waals surface area contributed by atoms with Crippen molar-refractivity contribution in [1.82, 2.24) is 10.6 Å². The van der Waals surface area contributed by atoms with Crippen LogP contribution in [0.1, 0.15) is 37.7 Å². The highest BCUT2D eigenvalue weighted by Crippen LogP contribution is 2.37. The molecule has 0 unspecified atom stereocenters. The number of carbonyl (C=O) groups excluding carboxylic acids is 2. The standard InChI is InChI=1S/C19H25FN2O4/c20-15-6-4-14(5-7-15)8-11-21-17(23)18(24)22-12-16-13-25-19(26-16)9-2-1-3-10-19/h4-7,16H,1-3,8-13H2,(H,21,23)(H,22,24)/t16-/m1/s1. The van der Waals surface area contributed by atoms with Crippen LogP contribution in [-0.4, -0.2) is 43.4 Å². The van der Waals surface area contributed by atoms with Gasteiger partial charge in [0, 0.05) is 25.9 Å². The van der Waals surface area contributed by atoms with Gasteiger partial charge in [-0.1, -0.05) is 18.6 Å². The quantitative estimate of drug-likeness (QED) is 0.780. The van der Waals surface area contributed by atoms with Crippen molar-refractivity contribution in [3.63, 3.8) is 0 Å². The lowest BCUT2D eigenvalue weighted by Gasteiger charge is -2.31. The van der Waals surface area contributed by atoms with E-state index in [0.29, 0.717) is 19.6 Å². The Balaban J connectivity index is 1.34. The lowest BCUT2D eigenvalue weighted by Crippen LogP contribution is -2.44. The first-order chi connectivity index (χ1) is 12.6.